The van der Waals surface area contributed by atoms with Crippen LogP contribution in [0.3, 0.4) is 0 Å². The van der Waals surface area contributed by atoms with E-state index in [-0.39, 0.29) is 12.8 Å². The highest BCUT2D eigenvalue weighted by atomic mass is 31.2. The van der Waals surface area contributed by atoms with E-state index in [4.69, 9.17) is 20.6 Å². The first-order chi connectivity index (χ1) is 12.0. The van der Waals surface area contributed by atoms with Crippen molar-refractivity contribution in [2.75, 3.05) is 12.1 Å². The summed E-state index contributed by atoms with van der Waals surface area (Å²) >= 11 is 0. The molecule has 6 N–H and O–H groups in total. The Hall–Kier alpha value is -2.08. The van der Waals surface area contributed by atoms with Crippen molar-refractivity contribution in [1.29, 1.82) is 0 Å². The van der Waals surface area contributed by atoms with Crippen LogP contribution in [0, 0.1) is 5.92 Å². The molecule has 0 aliphatic heterocycles. The molecule has 1 unspecified atom stereocenters. The number of aromatic nitrogens is 4. The molecule has 1 aliphatic rings. The number of nitrogens with zero attached hydrogens (tertiary/aromatic N) is 3. The van der Waals surface area contributed by atoms with Gasteiger partial charge in [-0.25, -0.2) is 19.3 Å². The average Bonchev–Trinajstić information content (AvgIpc) is 3.16. The van der Waals surface area contributed by atoms with E-state index in [1.165, 1.54) is 12.7 Å². The lowest BCUT2D eigenvalue weighted by Crippen LogP contribution is -2.20. The number of rotatable bonds is 1. The number of fused-ring (bicyclic) bond motifs is 1. The zero-order valence-corrected chi connectivity index (χ0v) is 14.0. The molecule has 0 radical (unpaired) electrons. The molecular weight excluding hydrogens is 385 g/mol. The van der Waals surface area contributed by atoms with Gasteiger partial charge in [0.25, 0.3) is 0 Å². The highest BCUT2D eigenvalue weighted by Gasteiger charge is 2.43. The van der Waals surface area contributed by atoms with Crippen LogP contribution in [-0.2, 0) is 4.57 Å². The minimum atomic E-state index is -4.39. The van der Waals surface area contributed by atoms with Crippen molar-refractivity contribution in [3.63, 3.8) is 0 Å². The largest absolute Gasteiger partial charge is 0.397 e. The molecule has 0 spiro atoms. The molecule has 2 aromatic rings. The van der Waals surface area contributed by atoms with Gasteiger partial charge < -0.3 is 25.6 Å². The highest BCUT2D eigenvalue weighted by Crippen LogP contribution is 2.39. The summed E-state index contributed by atoms with van der Waals surface area (Å²) in [7, 11) is -4.09. The maximum atomic E-state index is 12.2. The second-order valence-corrected chi connectivity index (χ2v) is 6.54. The minimum Gasteiger partial charge on any atom is -0.384 e. The molecule has 26 heavy (non-hydrogen) atoms. The Labute approximate surface area is 144 Å². The Bertz CT molecular complexity index is 791. The third-order valence-electron chi connectivity index (χ3n) is 2.96. The van der Waals surface area contributed by atoms with Crippen molar-refractivity contribution >= 4 is 24.6 Å². The lowest BCUT2D eigenvalue weighted by atomic mass is 10.1. The normalized spacial score (nSPS) is 17.0. The molecule has 0 saturated heterocycles. The standard InChI is InChI=1S/C6H6F4.C5H5N5.CH5O4P/c7-5-3-1-2-4(5)6(8,9)10;6-4-3-5(9-1-7-3)10-2-8-4;2-1-6(3,4)5/h3-4H,1-2H2;1-2H,(H3,6,7,8,9,10);2H,1H2,(H2,3,4,5). The van der Waals surface area contributed by atoms with Gasteiger partial charge >= 0.3 is 13.8 Å². The number of hydrogen-bond donors (Lipinski definition) is 5. The van der Waals surface area contributed by atoms with Crippen molar-refractivity contribution in [3.8, 4) is 0 Å². The van der Waals surface area contributed by atoms with Gasteiger partial charge in [0.1, 0.15) is 29.9 Å². The van der Waals surface area contributed by atoms with E-state index in [1.807, 2.05) is 0 Å². The number of alkyl halides is 3. The van der Waals surface area contributed by atoms with Gasteiger partial charge in [0.05, 0.1) is 6.33 Å². The van der Waals surface area contributed by atoms with E-state index in [1.54, 1.807) is 0 Å². The smallest absolute Gasteiger partial charge is 0.384 e. The number of hydrogen-bond acceptors (Lipinski definition) is 6. The van der Waals surface area contributed by atoms with Crippen molar-refractivity contribution in [2.45, 2.75) is 19.0 Å². The number of H-pyrrole nitrogens is 1. The fourth-order valence-electron chi connectivity index (χ4n) is 1.77. The Balaban J connectivity index is 0.000000203. The summed E-state index contributed by atoms with van der Waals surface area (Å²) in [4.78, 5) is 29.7. The van der Waals surface area contributed by atoms with Crippen molar-refractivity contribution in [2.24, 2.45) is 5.92 Å². The summed E-state index contributed by atoms with van der Waals surface area (Å²) in [5.41, 5.74) is 6.78. The van der Waals surface area contributed by atoms with Gasteiger partial charge in [-0.15, -0.1) is 0 Å². The Morgan fingerprint density at radius 2 is 1.92 bits per heavy atom. The molecule has 0 bridgehead atoms. The number of nitrogen functional groups attached to an aromatic ring is 1. The molecule has 146 valence electrons. The number of allylic oxidation sites excluding steroid dienone is 2. The monoisotopic (exact) mass is 401 g/mol. The van der Waals surface area contributed by atoms with Gasteiger partial charge in [0, 0.05) is 0 Å². The van der Waals surface area contributed by atoms with Gasteiger partial charge in [-0.05, 0) is 12.8 Å². The number of aliphatic hydroxyl groups excluding tert-OH is 1. The van der Waals surface area contributed by atoms with Crippen molar-refractivity contribution in [1.82, 2.24) is 19.9 Å². The number of imidazole rings is 1. The molecule has 9 nitrogen and oxygen atoms in total. The van der Waals surface area contributed by atoms with E-state index < -0.39 is 31.9 Å². The predicted molar refractivity (Wildman–Crippen MR) is 83.2 cm³/mol. The predicted octanol–water partition coefficient (Wildman–Crippen LogP) is 1.86. The first-order valence-electron chi connectivity index (χ1n) is 6.93. The third-order valence-corrected chi connectivity index (χ3v) is 3.33. The molecule has 1 atom stereocenters. The van der Waals surface area contributed by atoms with E-state index in [0.29, 0.717) is 17.0 Å². The summed E-state index contributed by atoms with van der Waals surface area (Å²) in [5.74, 6) is -2.41. The fraction of sp³-hybridized carbons (Fsp3) is 0.417. The van der Waals surface area contributed by atoms with Crippen LogP contribution >= 0.6 is 7.60 Å². The first-order valence-corrected chi connectivity index (χ1v) is 8.72. The summed E-state index contributed by atoms with van der Waals surface area (Å²) < 4.78 is 56.9. The summed E-state index contributed by atoms with van der Waals surface area (Å²) in [6.07, 6.45) is -1.46. The molecule has 1 aliphatic carbocycles. The van der Waals surface area contributed by atoms with E-state index in [0.717, 1.165) is 6.08 Å². The third kappa shape index (κ3) is 7.04. The number of nitrogens with one attached hydrogen (secondary N) is 1. The number of aliphatic hydroxyl groups is 1. The average molecular weight is 401 g/mol. The van der Waals surface area contributed by atoms with E-state index in [2.05, 4.69) is 19.9 Å². The zero-order chi connectivity index (χ0) is 20.0. The molecule has 3 rings (SSSR count). The molecular formula is C12H16F4N5O4P. The molecule has 2 heterocycles. The number of anilines is 1. The van der Waals surface area contributed by atoms with Crippen molar-refractivity contribution in [3.05, 3.63) is 24.6 Å². The lowest BCUT2D eigenvalue weighted by Gasteiger charge is -2.12. The molecule has 0 amide bonds. The van der Waals surface area contributed by atoms with E-state index >= 15 is 0 Å². The number of halogens is 4. The van der Waals surface area contributed by atoms with Gasteiger partial charge in [0.2, 0.25) is 0 Å². The number of nitrogens with two attached hydrogens (primary N) is 1. The maximum Gasteiger partial charge on any atom is 0.397 e. The van der Waals surface area contributed by atoms with Crippen LogP contribution < -0.4 is 5.73 Å². The van der Waals surface area contributed by atoms with Crippen LogP contribution in [0.15, 0.2) is 24.6 Å². The Kier molecular flexibility index (Phi) is 7.63. The van der Waals surface area contributed by atoms with Crippen LogP contribution in [0.1, 0.15) is 12.8 Å². The Morgan fingerprint density at radius 3 is 2.31 bits per heavy atom. The van der Waals surface area contributed by atoms with Crippen LogP contribution in [0.2, 0.25) is 0 Å². The topological polar surface area (TPSA) is 158 Å². The molecule has 2 aromatic heterocycles. The highest BCUT2D eigenvalue weighted by molar-refractivity contribution is 7.51. The Morgan fingerprint density at radius 1 is 1.31 bits per heavy atom. The van der Waals surface area contributed by atoms with Crippen molar-refractivity contribution < 1.29 is 37.0 Å². The minimum absolute atomic E-state index is 0.130. The quantitative estimate of drug-likeness (QED) is 0.358. The van der Waals surface area contributed by atoms with Crippen LogP contribution in [0.5, 0.6) is 0 Å². The van der Waals surface area contributed by atoms with Gasteiger partial charge in [-0.1, -0.05) is 6.08 Å². The number of aromatic amines is 1. The SMILES string of the molecule is FC1=CCCC1C(F)(F)F.Nc1ncnc2nc[nH]c12.O=P(O)(O)CO. The lowest BCUT2D eigenvalue weighted by molar-refractivity contribution is -0.167. The first kappa shape index (κ1) is 22.0. The van der Waals surface area contributed by atoms with Gasteiger partial charge in [-0.2, -0.15) is 13.2 Å². The van der Waals surface area contributed by atoms with Gasteiger partial charge in [0.15, 0.2) is 11.5 Å². The van der Waals surface area contributed by atoms with Crippen LogP contribution in [0.4, 0.5) is 23.4 Å². The molecule has 0 fully saturated rings. The molecule has 14 heteroatoms. The van der Waals surface area contributed by atoms with Gasteiger partial charge in [-0.3, -0.25) is 4.57 Å². The molecule has 0 saturated carbocycles. The molecule has 0 aromatic carbocycles. The van der Waals surface area contributed by atoms with Crippen LogP contribution in [0.25, 0.3) is 11.2 Å². The summed E-state index contributed by atoms with van der Waals surface area (Å²) in [5, 5.41) is 7.64. The van der Waals surface area contributed by atoms with E-state index in [9.17, 15) is 22.1 Å². The van der Waals surface area contributed by atoms with Crippen LogP contribution in [-0.4, -0.2) is 47.4 Å². The summed E-state index contributed by atoms with van der Waals surface area (Å²) in [6.45, 7) is 0. The second-order valence-electron chi connectivity index (χ2n) is 4.93. The summed E-state index contributed by atoms with van der Waals surface area (Å²) in [6, 6.07) is 0. The second kappa shape index (κ2) is 9.03. The fourth-order valence-corrected chi connectivity index (χ4v) is 1.77. The zero-order valence-electron chi connectivity index (χ0n) is 13.1. The maximum absolute atomic E-state index is 12.2.